The maximum absolute atomic E-state index is 12.6. The highest BCUT2D eigenvalue weighted by Gasteiger charge is 2.33. The van der Waals surface area contributed by atoms with Crippen molar-refractivity contribution in [2.24, 2.45) is 5.41 Å². The molecule has 2 heterocycles. The summed E-state index contributed by atoms with van der Waals surface area (Å²) in [4.78, 5) is 18.8. The van der Waals surface area contributed by atoms with Gasteiger partial charge in [-0.25, -0.2) is 4.98 Å². The lowest BCUT2D eigenvalue weighted by atomic mass is 9.74. The van der Waals surface area contributed by atoms with Crippen LogP contribution < -0.4 is 0 Å². The number of aryl methyl sites for hydroxylation is 1. The summed E-state index contributed by atoms with van der Waals surface area (Å²) in [6.45, 7) is 8.24. The molecule has 1 aliphatic rings. The van der Waals surface area contributed by atoms with E-state index in [1.165, 1.54) is 12.8 Å². The molecule has 2 rings (SSSR count). The lowest BCUT2D eigenvalue weighted by molar-refractivity contribution is 0.0557. The van der Waals surface area contributed by atoms with Crippen molar-refractivity contribution in [3.05, 3.63) is 28.5 Å². The van der Waals surface area contributed by atoms with Crippen LogP contribution in [-0.4, -0.2) is 28.9 Å². The third-order valence-corrected chi connectivity index (χ3v) is 5.26. The van der Waals surface area contributed by atoms with Crippen molar-refractivity contribution in [3.8, 4) is 0 Å². The number of carbonyl (C=O) groups is 1. The monoisotopic (exact) mass is 308 g/mol. The van der Waals surface area contributed by atoms with E-state index >= 15 is 0 Å². The average molecular weight is 309 g/mol. The van der Waals surface area contributed by atoms with Gasteiger partial charge in [0.2, 0.25) is 0 Å². The molecule has 0 aromatic carbocycles. The highest BCUT2D eigenvalue weighted by Crippen LogP contribution is 2.38. The van der Waals surface area contributed by atoms with Gasteiger partial charge in [0.25, 0.3) is 5.91 Å². The first kappa shape index (κ1) is 16.3. The van der Waals surface area contributed by atoms with Gasteiger partial charge in [-0.2, -0.15) is 0 Å². The SMILES string of the molecule is CCc1cc(C(=O)N2CCC(CC)(CC)CC2)cc(Cl)n1. The molecule has 0 spiro atoms. The number of likely N-dealkylation sites (tertiary alicyclic amines) is 1. The normalized spacial score (nSPS) is 17.8. The van der Waals surface area contributed by atoms with Gasteiger partial charge in [0.05, 0.1) is 0 Å². The van der Waals surface area contributed by atoms with Gasteiger partial charge >= 0.3 is 0 Å². The van der Waals surface area contributed by atoms with E-state index in [4.69, 9.17) is 11.6 Å². The van der Waals surface area contributed by atoms with Crippen LogP contribution in [0.1, 0.15) is 62.5 Å². The second-order valence-electron chi connectivity index (χ2n) is 6.02. The van der Waals surface area contributed by atoms with Crippen molar-refractivity contribution in [3.63, 3.8) is 0 Å². The number of hydrogen-bond donors (Lipinski definition) is 0. The van der Waals surface area contributed by atoms with Gasteiger partial charge in [0.1, 0.15) is 5.15 Å². The molecule has 1 saturated heterocycles. The van der Waals surface area contributed by atoms with E-state index in [1.54, 1.807) is 6.07 Å². The van der Waals surface area contributed by atoms with Crippen LogP contribution in [0.25, 0.3) is 0 Å². The number of piperidine rings is 1. The van der Waals surface area contributed by atoms with Crippen molar-refractivity contribution in [2.45, 2.75) is 52.9 Å². The zero-order chi connectivity index (χ0) is 15.5. The molecule has 1 fully saturated rings. The summed E-state index contributed by atoms with van der Waals surface area (Å²) in [5.41, 5.74) is 1.98. The summed E-state index contributed by atoms with van der Waals surface area (Å²) in [5, 5.41) is 0.408. The van der Waals surface area contributed by atoms with Crippen LogP contribution >= 0.6 is 11.6 Å². The van der Waals surface area contributed by atoms with Gasteiger partial charge in [-0.1, -0.05) is 45.2 Å². The van der Waals surface area contributed by atoms with Gasteiger partial charge in [0, 0.05) is 24.3 Å². The van der Waals surface area contributed by atoms with E-state index in [-0.39, 0.29) is 5.91 Å². The fraction of sp³-hybridized carbons (Fsp3) is 0.647. The van der Waals surface area contributed by atoms with Crippen LogP contribution in [-0.2, 0) is 6.42 Å². The van der Waals surface area contributed by atoms with Crippen molar-refractivity contribution < 1.29 is 4.79 Å². The molecule has 0 bridgehead atoms. The summed E-state index contributed by atoms with van der Waals surface area (Å²) in [6.07, 6.45) is 5.39. The fourth-order valence-corrected chi connectivity index (χ4v) is 3.41. The Kier molecular flexibility index (Phi) is 5.26. The second-order valence-corrected chi connectivity index (χ2v) is 6.41. The van der Waals surface area contributed by atoms with E-state index in [0.717, 1.165) is 38.0 Å². The number of halogens is 1. The molecule has 0 atom stereocenters. The van der Waals surface area contributed by atoms with Crippen molar-refractivity contribution >= 4 is 17.5 Å². The van der Waals surface area contributed by atoms with Gasteiger partial charge in [-0.3, -0.25) is 4.79 Å². The number of carbonyl (C=O) groups excluding carboxylic acids is 1. The van der Waals surface area contributed by atoms with E-state index in [9.17, 15) is 4.79 Å². The summed E-state index contributed by atoms with van der Waals surface area (Å²) in [5.74, 6) is 0.0924. The zero-order valence-electron chi connectivity index (χ0n) is 13.3. The molecular weight excluding hydrogens is 284 g/mol. The standard InChI is InChI=1S/C17H25ClN2O/c1-4-14-11-13(12-15(18)19-14)16(21)20-9-7-17(5-2,6-3)8-10-20/h11-12H,4-10H2,1-3H3. The minimum absolute atomic E-state index is 0.0924. The van der Waals surface area contributed by atoms with Crippen LogP contribution in [0.3, 0.4) is 0 Å². The summed E-state index contributed by atoms with van der Waals surface area (Å²) in [6, 6.07) is 3.56. The van der Waals surface area contributed by atoms with Crippen LogP contribution in [0.15, 0.2) is 12.1 Å². The molecule has 3 nitrogen and oxygen atoms in total. The predicted molar refractivity (Wildman–Crippen MR) is 86.8 cm³/mol. The molecule has 0 unspecified atom stereocenters. The number of amides is 1. The minimum atomic E-state index is 0.0924. The minimum Gasteiger partial charge on any atom is -0.339 e. The second kappa shape index (κ2) is 6.78. The molecule has 0 radical (unpaired) electrons. The van der Waals surface area contributed by atoms with Gasteiger partial charge in [-0.05, 0) is 36.8 Å². The Labute approximate surface area is 132 Å². The van der Waals surface area contributed by atoms with Crippen molar-refractivity contribution in [1.29, 1.82) is 0 Å². The Morgan fingerprint density at radius 3 is 2.38 bits per heavy atom. The maximum Gasteiger partial charge on any atom is 0.254 e. The Morgan fingerprint density at radius 1 is 1.24 bits per heavy atom. The predicted octanol–water partition coefficient (Wildman–Crippen LogP) is 4.34. The maximum atomic E-state index is 12.6. The Morgan fingerprint density at radius 2 is 1.86 bits per heavy atom. The van der Waals surface area contributed by atoms with Crippen molar-refractivity contribution in [1.82, 2.24) is 9.88 Å². The Balaban J connectivity index is 2.10. The third kappa shape index (κ3) is 3.57. The first-order chi connectivity index (χ1) is 10.0. The Hall–Kier alpha value is -1.09. The molecule has 0 N–H and O–H groups in total. The smallest absolute Gasteiger partial charge is 0.254 e. The number of nitrogens with zero attached hydrogens (tertiary/aromatic N) is 2. The lowest BCUT2D eigenvalue weighted by Crippen LogP contribution is -2.42. The molecule has 0 saturated carbocycles. The number of pyridine rings is 1. The largest absolute Gasteiger partial charge is 0.339 e. The molecule has 4 heteroatoms. The molecule has 1 amide bonds. The average Bonchev–Trinajstić information content (AvgIpc) is 2.53. The fourth-order valence-electron chi connectivity index (χ4n) is 3.18. The van der Waals surface area contributed by atoms with E-state index in [2.05, 4.69) is 18.8 Å². The summed E-state index contributed by atoms with van der Waals surface area (Å²) < 4.78 is 0. The topological polar surface area (TPSA) is 33.2 Å². The molecule has 1 aromatic heterocycles. The highest BCUT2D eigenvalue weighted by atomic mass is 35.5. The molecule has 1 aliphatic heterocycles. The van der Waals surface area contributed by atoms with E-state index in [0.29, 0.717) is 16.1 Å². The first-order valence-electron chi connectivity index (χ1n) is 7.99. The quantitative estimate of drug-likeness (QED) is 0.775. The highest BCUT2D eigenvalue weighted by molar-refractivity contribution is 6.29. The number of rotatable bonds is 4. The van der Waals surface area contributed by atoms with Crippen LogP contribution in [0.4, 0.5) is 0 Å². The third-order valence-electron chi connectivity index (χ3n) is 5.07. The Bertz CT molecular complexity index is 502. The molecular formula is C17H25ClN2O. The lowest BCUT2D eigenvalue weighted by Gasteiger charge is -2.41. The number of hydrogen-bond acceptors (Lipinski definition) is 2. The number of aromatic nitrogens is 1. The molecule has 21 heavy (non-hydrogen) atoms. The molecule has 0 aliphatic carbocycles. The first-order valence-corrected chi connectivity index (χ1v) is 8.37. The summed E-state index contributed by atoms with van der Waals surface area (Å²) in [7, 11) is 0. The van der Waals surface area contributed by atoms with Crippen molar-refractivity contribution in [2.75, 3.05) is 13.1 Å². The van der Waals surface area contributed by atoms with Crippen LogP contribution in [0.2, 0.25) is 5.15 Å². The van der Waals surface area contributed by atoms with Gasteiger partial charge in [-0.15, -0.1) is 0 Å². The van der Waals surface area contributed by atoms with Gasteiger partial charge < -0.3 is 4.90 Å². The molecule has 116 valence electrons. The van der Waals surface area contributed by atoms with Gasteiger partial charge in [0.15, 0.2) is 0 Å². The van der Waals surface area contributed by atoms with Crippen LogP contribution in [0.5, 0.6) is 0 Å². The zero-order valence-corrected chi connectivity index (χ0v) is 14.0. The van der Waals surface area contributed by atoms with E-state index in [1.807, 2.05) is 17.9 Å². The summed E-state index contributed by atoms with van der Waals surface area (Å²) >= 11 is 6.02. The van der Waals surface area contributed by atoms with Crippen LogP contribution in [0, 0.1) is 5.41 Å². The molecule has 1 aromatic rings. The van der Waals surface area contributed by atoms with E-state index < -0.39 is 0 Å².